The fourth-order valence-electron chi connectivity index (χ4n) is 6.96. The molecule has 4 bridgehead atoms. The maximum atomic E-state index is 13.7. The molecule has 4 saturated carbocycles. The van der Waals surface area contributed by atoms with Crippen LogP contribution >= 0.6 is 27.5 Å². The molecule has 1 amide bonds. The third-order valence-corrected chi connectivity index (χ3v) is 8.55. The maximum absolute atomic E-state index is 13.7. The summed E-state index contributed by atoms with van der Waals surface area (Å²) in [5.41, 5.74) is 1.65. The first-order valence-corrected chi connectivity index (χ1v) is 12.7. The van der Waals surface area contributed by atoms with Gasteiger partial charge in [0.2, 0.25) is 10.6 Å². The normalized spacial score (nSPS) is 30.0. The maximum Gasteiger partial charge on any atom is 0.231 e. The van der Waals surface area contributed by atoms with E-state index in [0.29, 0.717) is 28.9 Å². The number of nitrogens with zero attached hydrogens (tertiary/aromatic N) is 5. The van der Waals surface area contributed by atoms with Gasteiger partial charge in [-0.1, -0.05) is 23.7 Å². The number of nitrogens with one attached hydrogen (secondary N) is 1. The molecule has 0 spiro atoms. The molecule has 9 heteroatoms. The molecule has 2 aromatic heterocycles. The second-order valence-electron chi connectivity index (χ2n) is 10.3. The van der Waals surface area contributed by atoms with E-state index in [1.54, 1.807) is 0 Å². The third-order valence-electron chi connectivity index (χ3n) is 7.93. The van der Waals surface area contributed by atoms with Crippen LogP contribution in [0.5, 0.6) is 0 Å². The molecule has 4 aliphatic carbocycles. The molecule has 0 radical (unpaired) electrons. The SMILES string of the molecule is Cc1cc(NC(=O)C23CC4CC(C2)CC(n2cnc(Br)n2)(C4)C3)nn1Cc1ccc(Cl)cc1. The standard InChI is InChI=1S/C24H26BrClN6O/c1-15-6-20(29-31(15)12-16-2-4-19(26)5-3-16)28-21(33)23-8-17-7-18(9-23)11-24(10-17,13-23)32-14-27-22(25)30-32/h2-6,14,17-18H,7-13H2,1H3,(H,28,29,33). The molecule has 2 atom stereocenters. The predicted molar refractivity (Wildman–Crippen MR) is 129 cm³/mol. The molecular formula is C24H26BrClN6O. The summed E-state index contributed by atoms with van der Waals surface area (Å²) in [5, 5.41) is 13.2. The van der Waals surface area contributed by atoms with Gasteiger partial charge in [-0.05, 0) is 90.9 Å². The first kappa shape index (κ1) is 21.4. The highest BCUT2D eigenvalue weighted by atomic mass is 79.9. The quantitative estimate of drug-likeness (QED) is 0.494. The Hall–Kier alpha value is -2.19. The van der Waals surface area contributed by atoms with Gasteiger partial charge in [0.05, 0.1) is 17.5 Å². The summed E-state index contributed by atoms with van der Waals surface area (Å²) in [6, 6.07) is 9.72. The Bertz CT molecular complexity index is 1200. The second kappa shape index (κ2) is 7.67. The number of halogens is 2. The van der Waals surface area contributed by atoms with Crippen LogP contribution in [0.1, 0.15) is 49.8 Å². The zero-order chi connectivity index (χ0) is 22.8. The summed E-state index contributed by atoms with van der Waals surface area (Å²) in [4.78, 5) is 18.0. The number of benzene rings is 1. The highest BCUT2D eigenvalue weighted by Gasteiger charge is 2.61. The van der Waals surface area contributed by atoms with Gasteiger partial charge in [0.25, 0.3) is 0 Å². The van der Waals surface area contributed by atoms with Crippen molar-refractivity contribution in [3.05, 3.63) is 57.7 Å². The van der Waals surface area contributed by atoms with E-state index >= 15 is 0 Å². The number of hydrogen-bond acceptors (Lipinski definition) is 4. The number of aryl methyl sites for hydroxylation is 1. The van der Waals surface area contributed by atoms with E-state index in [9.17, 15) is 4.79 Å². The predicted octanol–water partition coefficient (Wildman–Crippen LogP) is 5.18. The van der Waals surface area contributed by atoms with Gasteiger partial charge in [-0.3, -0.25) is 9.48 Å². The molecule has 172 valence electrons. The lowest BCUT2D eigenvalue weighted by Gasteiger charge is -2.60. The molecule has 3 aromatic rings. The summed E-state index contributed by atoms with van der Waals surface area (Å²) < 4.78 is 4.56. The summed E-state index contributed by atoms with van der Waals surface area (Å²) in [7, 11) is 0. The molecule has 7 rings (SSSR count). The van der Waals surface area contributed by atoms with Crippen molar-refractivity contribution >= 4 is 39.3 Å². The average molecular weight is 530 g/mol. The molecule has 0 saturated heterocycles. The van der Waals surface area contributed by atoms with Gasteiger partial charge >= 0.3 is 0 Å². The van der Waals surface area contributed by atoms with Crippen molar-refractivity contribution in [2.75, 3.05) is 5.32 Å². The van der Waals surface area contributed by atoms with Crippen LogP contribution in [0.25, 0.3) is 0 Å². The Kier molecular flexibility index (Phi) is 4.96. The minimum atomic E-state index is -0.365. The number of amides is 1. The molecule has 4 fully saturated rings. The number of anilines is 1. The van der Waals surface area contributed by atoms with Crippen LogP contribution < -0.4 is 5.32 Å². The molecule has 1 aromatic carbocycles. The van der Waals surface area contributed by atoms with Crippen LogP contribution in [0.4, 0.5) is 5.82 Å². The minimum absolute atomic E-state index is 0.107. The molecule has 33 heavy (non-hydrogen) atoms. The van der Waals surface area contributed by atoms with Crippen molar-refractivity contribution in [1.29, 1.82) is 0 Å². The lowest BCUT2D eigenvalue weighted by Crippen LogP contribution is -2.60. The van der Waals surface area contributed by atoms with Crippen molar-refractivity contribution in [3.63, 3.8) is 0 Å². The highest BCUT2D eigenvalue weighted by molar-refractivity contribution is 9.10. The molecule has 7 nitrogen and oxygen atoms in total. The van der Waals surface area contributed by atoms with Gasteiger partial charge in [0.15, 0.2) is 5.82 Å². The van der Waals surface area contributed by atoms with Crippen LogP contribution in [-0.4, -0.2) is 30.5 Å². The van der Waals surface area contributed by atoms with Crippen molar-refractivity contribution in [1.82, 2.24) is 24.5 Å². The monoisotopic (exact) mass is 528 g/mol. The van der Waals surface area contributed by atoms with Crippen molar-refractivity contribution < 1.29 is 4.79 Å². The summed E-state index contributed by atoms with van der Waals surface area (Å²) in [6.45, 7) is 2.65. The van der Waals surface area contributed by atoms with Crippen LogP contribution in [-0.2, 0) is 16.9 Å². The zero-order valence-corrected chi connectivity index (χ0v) is 20.8. The molecule has 2 unspecified atom stereocenters. The first-order valence-electron chi connectivity index (χ1n) is 11.5. The van der Waals surface area contributed by atoms with E-state index in [1.165, 1.54) is 6.42 Å². The number of aromatic nitrogens is 5. The van der Waals surface area contributed by atoms with Gasteiger partial charge in [0.1, 0.15) is 6.33 Å². The molecule has 4 aliphatic rings. The van der Waals surface area contributed by atoms with E-state index in [0.717, 1.165) is 48.4 Å². The largest absolute Gasteiger partial charge is 0.309 e. The van der Waals surface area contributed by atoms with Gasteiger partial charge in [-0.25, -0.2) is 9.67 Å². The fraction of sp³-hybridized carbons (Fsp3) is 0.500. The lowest BCUT2D eigenvalue weighted by molar-refractivity contribution is -0.150. The van der Waals surface area contributed by atoms with Gasteiger partial charge < -0.3 is 5.32 Å². The van der Waals surface area contributed by atoms with Gasteiger partial charge in [0, 0.05) is 16.8 Å². The summed E-state index contributed by atoms with van der Waals surface area (Å²) >= 11 is 9.40. The summed E-state index contributed by atoms with van der Waals surface area (Å²) in [6.07, 6.45) is 7.95. The number of carbonyl (C=O) groups excluding carboxylic acids is 1. The Balaban J connectivity index is 1.23. The average Bonchev–Trinajstić information content (AvgIpc) is 3.34. The van der Waals surface area contributed by atoms with Crippen molar-refractivity contribution in [3.8, 4) is 0 Å². The van der Waals surface area contributed by atoms with E-state index in [4.69, 9.17) is 16.7 Å². The smallest absolute Gasteiger partial charge is 0.231 e. The molecule has 1 N–H and O–H groups in total. The Morgan fingerprint density at radius 2 is 1.91 bits per heavy atom. The van der Waals surface area contributed by atoms with E-state index in [2.05, 4.69) is 31.3 Å². The second-order valence-corrected chi connectivity index (χ2v) is 11.5. The first-order chi connectivity index (χ1) is 15.8. The Morgan fingerprint density at radius 3 is 2.58 bits per heavy atom. The van der Waals surface area contributed by atoms with Crippen molar-refractivity contribution in [2.24, 2.45) is 17.3 Å². The summed E-state index contributed by atoms with van der Waals surface area (Å²) in [5.74, 6) is 1.85. The number of carbonyl (C=O) groups is 1. The van der Waals surface area contributed by atoms with Gasteiger partial charge in [-0.15, -0.1) is 5.10 Å². The minimum Gasteiger partial charge on any atom is -0.309 e. The van der Waals surface area contributed by atoms with E-state index in [-0.39, 0.29) is 16.9 Å². The number of rotatable bonds is 5. The lowest BCUT2D eigenvalue weighted by atomic mass is 9.46. The molecule has 0 aliphatic heterocycles. The van der Waals surface area contributed by atoms with E-state index in [1.807, 2.05) is 52.9 Å². The van der Waals surface area contributed by atoms with Crippen LogP contribution in [0.3, 0.4) is 0 Å². The molecular weight excluding hydrogens is 504 g/mol. The Morgan fingerprint density at radius 1 is 1.18 bits per heavy atom. The van der Waals surface area contributed by atoms with Crippen LogP contribution in [0.15, 0.2) is 41.4 Å². The van der Waals surface area contributed by atoms with Gasteiger partial charge in [-0.2, -0.15) is 5.10 Å². The fourth-order valence-corrected chi connectivity index (χ4v) is 7.35. The topological polar surface area (TPSA) is 77.6 Å². The zero-order valence-electron chi connectivity index (χ0n) is 18.5. The Labute approximate surface area is 206 Å². The van der Waals surface area contributed by atoms with E-state index < -0.39 is 0 Å². The third kappa shape index (κ3) is 3.71. The molecule has 2 heterocycles. The number of hydrogen-bond donors (Lipinski definition) is 1. The highest BCUT2D eigenvalue weighted by Crippen LogP contribution is 2.64. The van der Waals surface area contributed by atoms with Crippen LogP contribution in [0.2, 0.25) is 5.02 Å². The van der Waals surface area contributed by atoms with Crippen molar-refractivity contribution in [2.45, 2.75) is 57.5 Å². The van der Waals surface area contributed by atoms with Crippen LogP contribution in [0, 0.1) is 24.2 Å².